The molecule has 3 N–H and O–H groups in total. The Bertz CT molecular complexity index is 891. The van der Waals surface area contributed by atoms with E-state index in [1.165, 1.54) is 12.0 Å². The van der Waals surface area contributed by atoms with E-state index < -0.39 is 5.97 Å². The molecule has 2 atom stereocenters. The second-order valence-electron chi connectivity index (χ2n) is 8.25. The Labute approximate surface area is 182 Å². The summed E-state index contributed by atoms with van der Waals surface area (Å²) in [6.07, 6.45) is 4.26. The van der Waals surface area contributed by atoms with Crippen LogP contribution in [0, 0.1) is 0 Å². The number of pyridine rings is 1. The molecule has 6 nitrogen and oxygen atoms in total. The lowest BCUT2D eigenvalue weighted by atomic mass is 10.0. The third-order valence-corrected chi connectivity index (χ3v) is 6.21. The molecular formula is C23H29ClN4O2. The van der Waals surface area contributed by atoms with Crippen molar-refractivity contribution >= 4 is 23.4 Å². The zero-order valence-electron chi connectivity index (χ0n) is 17.1. The maximum absolute atomic E-state index is 11.4. The number of hydrogen-bond acceptors (Lipinski definition) is 5. The zero-order chi connectivity index (χ0) is 20.9. The van der Waals surface area contributed by atoms with Crippen molar-refractivity contribution in [3.63, 3.8) is 0 Å². The molecule has 4 rings (SSSR count). The molecular weight excluding hydrogens is 400 g/mol. The Morgan fingerprint density at radius 1 is 1.37 bits per heavy atom. The molecule has 160 valence electrons. The first kappa shape index (κ1) is 21.1. The molecule has 0 bridgehead atoms. The van der Waals surface area contributed by atoms with Crippen LogP contribution >= 0.6 is 11.6 Å². The van der Waals surface area contributed by atoms with E-state index in [4.69, 9.17) is 16.6 Å². The van der Waals surface area contributed by atoms with E-state index in [9.17, 15) is 9.90 Å². The predicted octanol–water partition coefficient (Wildman–Crippen LogP) is 3.52. The van der Waals surface area contributed by atoms with Gasteiger partial charge in [-0.25, -0.2) is 4.98 Å². The van der Waals surface area contributed by atoms with E-state index in [1.54, 1.807) is 0 Å². The summed E-state index contributed by atoms with van der Waals surface area (Å²) in [5.74, 6) is 0.243. The molecule has 1 saturated heterocycles. The summed E-state index contributed by atoms with van der Waals surface area (Å²) in [7, 11) is 0. The molecule has 1 fully saturated rings. The number of anilines is 1. The standard InChI is InChI=1S/C23H29ClN4O2/c24-18-5-1-3-17(13-18)21(14-22(29)30)26-20-9-12-28(15-20)11-8-19-7-6-16-4-2-10-25-23(16)27-19/h1,3,5-7,13,20-21,26H,2,4,8-12,14-15H2,(H,25,27)(H,29,30)/t20-,21?/m1/s1. The van der Waals surface area contributed by atoms with Crippen LogP contribution in [-0.4, -0.2) is 53.2 Å². The molecule has 7 heteroatoms. The van der Waals surface area contributed by atoms with Crippen LogP contribution in [0.25, 0.3) is 0 Å². The number of halogens is 1. The molecule has 2 aliphatic heterocycles. The molecule has 0 aliphatic carbocycles. The number of aliphatic carboxylic acids is 1. The molecule has 0 radical (unpaired) electrons. The lowest BCUT2D eigenvalue weighted by molar-refractivity contribution is -0.137. The number of rotatable bonds is 8. The largest absolute Gasteiger partial charge is 0.481 e. The number of benzene rings is 1. The number of carboxylic acids is 1. The van der Waals surface area contributed by atoms with E-state index in [0.29, 0.717) is 5.02 Å². The lowest BCUT2D eigenvalue weighted by Gasteiger charge is -2.23. The zero-order valence-corrected chi connectivity index (χ0v) is 17.9. The highest BCUT2D eigenvalue weighted by Gasteiger charge is 2.26. The van der Waals surface area contributed by atoms with Crippen LogP contribution in [0.5, 0.6) is 0 Å². The van der Waals surface area contributed by atoms with E-state index in [-0.39, 0.29) is 18.5 Å². The summed E-state index contributed by atoms with van der Waals surface area (Å²) in [5.41, 5.74) is 3.37. The summed E-state index contributed by atoms with van der Waals surface area (Å²) in [6, 6.07) is 11.9. The number of aromatic nitrogens is 1. The molecule has 0 spiro atoms. The lowest BCUT2D eigenvalue weighted by Crippen LogP contribution is -2.36. The summed E-state index contributed by atoms with van der Waals surface area (Å²) in [5, 5.41) is 16.9. The predicted molar refractivity (Wildman–Crippen MR) is 119 cm³/mol. The maximum atomic E-state index is 11.4. The van der Waals surface area contributed by atoms with Crippen molar-refractivity contribution < 1.29 is 9.90 Å². The number of carboxylic acid groups (broad SMARTS) is 1. The van der Waals surface area contributed by atoms with Crippen molar-refractivity contribution in [2.45, 2.75) is 44.2 Å². The summed E-state index contributed by atoms with van der Waals surface area (Å²) < 4.78 is 0. The van der Waals surface area contributed by atoms with Gasteiger partial charge in [0.1, 0.15) is 5.82 Å². The van der Waals surface area contributed by atoms with Gasteiger partial charge in [0.15, 0.2) is 0 Å². The van der Waals surface area contributed by atoms with Gasteiger partial charge in [-0.3, -0.25) is 4.79 Å². The van der Waals surface area contributed by atoms with Gasteiger partial charge >= 0.3 is 5.97 Å². The Morgan fingerprint density at radius 3 is 3.10 bits per heavy atom. The van der Waals surface area contributed by atoms with Gasteiger partial charge in [-0.15, -0.1) is 0 Å². The van der Waals surface area contributed by atoms with E-state index in [2.05, 4.69) is 27.7 Å². The van der Waals surface area contributed by atoms with Gasteiger partial charge in [-0.2, -0.15) is 0 Å². The van der Waals surface area contributed by atoms with Crippen LogP contribution in [-0.2, 0) is 17.6 Å². The maximum Gasteiger partial charge on any atom is 0.305 e. The Balaban J connectivity index is 1.31. The third-order valence-electron chi connectivity index (χ3n) is 5.98. The highest BCUT2D eigenvalue weighted by atomic mass is 35.5. The van der Waals surface area contributed by atoms with Crippen molar-refractivity contribution in [3.05, 3.63) is 58.2 Å². The number of hydrogen-bond donors (Lipinski definition) is 3. The smallest absolute Gasteiger partial charge is 0.305 e. The molecule has 0 amide bonds. The number of aryl methyl sites for hydroxylation is 1. The van der Waals surface area contributed by atoms with Crippen molar-refractivity contribution in [3.8, 4) is 0 Å². The van der Waals surface area contributed by atoms with Crippen LogP contribution in [0.3, 0.4) is 0 Å². The minimum atomic E-state index is -0.811. The van der Waals surface area contributed by atoms with E-state index >= 15 is 0 Å². The van der Waals surface area contributed by atoms with Gasteiger partial charge in [0, 0.05) is 48.9 Å². The molecule has 2 aromatic rings. The molecule has 2 aliphatic rings. The number of fused-ring (bicyclic) bond motifs is 1. The Hall–Kier alpha value is -2.15. The fourth-order valence-corrected chi connectivity index (χ4v) is 4.61. The molecule has 1 aromatic carbocycles. The van der Waals surface area contributed by atoms with Gasteiger partial charge in [-0.05, 0) is 55.1 Å². The molecule has 1 unspecified atom stereocenters. The van der Waals surface area contributed by atoms with Gasteiger partial charge < -0.3 is 20.6 Å². The molecule has 3 heterocycles. The van der Waals surface area contributed by atoms with Crippen LogP contribution in [0.4, 0.5) is 5.82 Å². The van der Waals surface area contributed by atoms with Crippen LogP contribution in [0.1, 0.15) is 42.1 Å². The van der Waals surface area contributed by atoms with Crippen LogP contribution in [0.15, 0.2) is 36.4 Å². The topological polar surface area (TPSA) is 77.5 Å². The number of nitrogens with zero attached hydrogens (tertiary/aromatic N) is 2. The van der Waals surface area contributed by atoms with E-state index in [0.717, 1.165) is 62.5 Å². The summed E-state index contributed by atoms with van der Waals surface area (Å²) in [4.78, 5) is 18.6. The third kappa shape index (κ3) is 5.50. The van der Waals surface area contributed by atoms with Gasteiger partial charge in [-0.1, -0.05) is 29.8 Å². The fraction of sp³-hybridized carbons (Fsp3) is 0.478. The Kier molecular flexibility index (Phi) is 6.87. The highest BCUT2D eigenvalue weighted by molar-refractivity contribution is 6.30. The highest BCUT2D eigenvalue weighted by Crippen LogP contribution is 2.24. The quantitative estimate of drug-likeness (QED) is 0.597. The second kappa shape index (κ2) is 9.77. The average Bonchev–Trinajstić information content (AvgIpc) is 3.19. The minimum absolute atomic E-state index is 0.0445. The van der Waals surface area contributed by atoms with Crippen LogP contribution < -0.4 is 10.6 Å². The summed E-state index contributed by atoms with van der Waals surface area (Å²) >= 11 is 6.12. The van der Waals surface area contributed by atoms with Crippen molar-refractivity contribution in [2.24, 2.45) is 0 Å². The van der Waals surface area contributed by atoms with Crippen molar-refractivity contribution in [1.82, 2.24) is 15.2 Å². The summed E-state index contributed by atoms with van der Waals surface area (Å²) in [6.45, 7) is 3.90. The number of likely N-dealkylation sites (tertiary alicyclic amines) is 1. The van der Waals surface area contributed by atoms with Gasteiger partial charge in [0.05, 0.1) is 6.42 Å². The van der Waals surface area contributed by atoms with Gasteiger partial charge in [0.25, 0.3) is 0 Å². The second-order valence-corrected chi connectivity index (χ2v) is 8.69. The SMILES string of the molecule is O=C(O)CC(N[C@@H]1CCN(CCc2ccc3c(n2)NCCC3)C1)c1cccc(Cl)c1. The first-order valence-corrected chi connectivity index (χ1v) is 11.1. The monoisotopic (exact) mass is 428 g/mol. The van der Waals surface area contributed by atoms with Crippen LogP contribution in [0.2, 0.25) is 5.02 Å². The fourth-order valence-electron chi connectivity index (χ4n) is 4.41. The minimum Gasteiger partial charge on any atom is -0.481 e. The average molecular weight is 429 g/mol. The molecule has 1 aromatic heterocycles. The molecule has 0 saturated carbocycles. The number of nitrogens with one attached hydrogen (secondary N) is 2. The first-order valence-electron chi connectivity index (χ1n) is 10.7. The Morgan fingerprint density at radius 2 is 2.27 bits per heavy atom. The number of carbonyl (C=O) groups is 1. The van der Waals surface area contributed by atoms with E-state index in [1.807, 2.05) is 24.3 Å². The first-order chi connectivity index (χ1) is 14.6. The van der Waals surface area contributed by atoms with Crippen molar-refractivity contribution in [1.29, 1.82) is 0 Å². The van der Waals surface area contributed by atoms with Crippen molar-refractivity contribution in [2.75, 3.05) is 31.5 Å². The van der Waals surface area contributed by atoms with Gasteiger partial charge in [0.2, 0.25) is 0 Å². The molecule has 30 heavy (non-hydrogen) atoms. The normalized spacial score (nSPS) is 19.8.